The van der Waals surface area contributed by atoms with E-state index in [2.05, 4.69) is 9.88 Å². The van der Waals surface area contributed by atoms with Gasteiger partial charge in [-0.1, -0.05) is 0 Å². The molecule has 1 aliphatic heterocycles. The van der Waals surface area contributed by atoms with Gasteiger partial charge in [-0.05, 0) is 32.1 Å². The van der Waals surface area contributed by atoms with Gasteiger partial charge in [0.05, 0.1) is 18.1 Å². The molecule has 5 heteroatoms. The van der Waals surface area contributed by atoms with Crippen LogP contribution in [0.5, 0.6) is 5.75 Å². The third-order valence-electron chi connectivity index (χ3n) is 3.73. The fourth-order valence-corrected chi connectivity index (χ4v) is 2.69. The van der Waals surface area contributed by atoms with Gasteiger partial charge in [0.2, 0.25) is 0 Å². The number of hydrogen-bond donors (Lipinski definition) is 1. The number of methoxy groups -OCH3 is 1. The summed E-state index contributed by atoms with van der Waals surface area (Å²) in [6.45, 7) is 0.741. The van der Waals surface area contributed by atoms with E-state index < -0.39 is 0 Å². The summed E-state index contributed by atoms with van der Waals surface area (Å²) in [4.78, 5) is 17.0. The number of ether oxygens (including phenoxy) is 1. The molecule has 1 N–H and O–H groups in total. The Bertz CT molecular complexity index is 654. The van der Waals surface area contributed by atoms with E-state index in [1.165, 1.54) is 5.56 Å². The second-order valence-electron chi connectivity index (χ2n) is 5.05. The first-order valence-corrected chi connectivity index (χ1v) is 6.06. The lowest BCUT2D eigenvalue weighted by Crippen LogP contribution is -2.39. The van der Waals surface area contributed by atoms with E-state index >= 15 is 0 Å². The molecule has 1 atom stereocenters. The predicted molar refractivity (Wildman–Crippen MR) is 70.3 cm³/mol. The average molecular weight is 247 g/mol. The Morgan fingerprint density at radius 3 is 2.89 bits per heavy atom. The molecule has 5 nitrogen and oxygen atoms in total. The molecule has 0 saturated carbocycles. The van der Waals surface area contributed by atoms with Crippen LogP contribution in [0.15, 0.2) is 16.9 Å². The van der Waals surface area contributed by atoms with Gasteiger partial charge in [-0.25, -0.2) is 4.79 Å². The van der Waals surface area contributed by atoms with Gasteiger partial charge in [0.1, 0.15) is 5.75 Å². The predicted octanol–water partition coefficient (Wildman–Crippen LogP) is 0.824. The average Bonchev–Trinajstić information content (AvgIpc) is 2.67. The van der Waals surface area contributed by atoms with E-state index in [1.807, 2.05) is 30.8 Å². The molecule has 3 rings (SSSR count). The maximum Gasteiger partial charge on any atom is 0.326 e. The Balaban J connectivity index is 2.25. The van der Waals surface area contributed by atoms with Gasteiger partial charge in [-0.3, -0.25) is 4.57 Å². The number of rotatable bonds is 2. The molecule has 0 aliphatic carbocycles. The van der Waals surface area contributed by atoms with E-state index in [0.29, 0.717) is 6.04 Å². The molecule has 1 unspecified atom stereocenters. The number of H-pyrrole nitrogens is 1. The normalized spacial score (nSPS) is 18.6. The zero-order valence-electron chi connectivity index (χ0n) is 10.9. The number of imidazole rings is 1. The minimum Gasteiger partial charge on any atom is -0.497 e. The summed E-state index contributed by atoms with van der Waals surface area (Å²) in [6.07, 6.45) is 0.942. The van der Waals surface area contributed by atoms with E-state index in [-0.39, 0.29) is 5.69 Å². The van der Waals surface area contributed by atoms with Crippen molar-refractivity contribution >= 4 is 11.0 Å². The molecule has 1 aromatic carbocycles. The van der Waals surface area contributed by atoms with Crippen molar-refractivity contribution < 1.29 is 4.74 Å². The maximum atomic E-state index is 12.0. The molecular weight excluding hydrogens is 230 g/mol. The zero-order chi connectivity index (χ0) is 12.9. The van der Waals surface area contributed by atoms with Crippen LogP contribution in [0, 0.1) is 0 Å². The van der Waals surface area contributed by atoms with E-state index in [9.17, 15) is 4.79 Å². The molecule has 1 aromatic heterocycles. The van der Waals surface area contributed by atoms with Crippen molar-refractivity contribution in [1.29, 1.82) is 0 Å². The van der Waals surface area contributed by atoms with Gasteiger partial charge in [0.15, 0.2) is 0 Å². The largest absolute Gasteiger partial charge is 0.497 e. The Hall–Kier alpha value is -1.75. The highest BCUT2D eigenvalue weighted by atomic mass is 16.5. The van der Waals surface area contributed by atoms with E-state index in [4.69, 9.17) is 4.74 Å². The first-order chi connectivity index (χ1) is 8.60. The van der Waals surface area contributed by atoms with Gasteiger partial charge in [0.25, 0.3) is 0 Å². The van der Waals surface area contributed by atoms with Crippen molar-refractivity contribution in [3.63, 3.8) is 0 Å². The third-order valence-corrected chi connectivity index (χ3v) is 3.73. The Labute approximate surface area is 105 Å². The second kappa shape index (κ2) is 3.88. The van der Waals surface area contributed by atoms with Crippen molar-refractivity contribution in [3.05, 3.63) is 28.2 Å². The number of hydrogen-bond acceptors (Lipinski definition) is 3. The van der Waals surface area contributed by atoms with Crippen molar-refractivity contribution in [2.45, 2.75) is 19.0 Å². The van der Waals surface area contributed by atoms with Gasteiger partial charge in [0, 0.05) is 18.7 Å². The first kappa shape index (κ1) is 11.3. The summed E-state index contributed by atoms with van der Waals surface area (Å²) in [5, 5.41) is 0. The molecule has 2 heterocycles. The lowest BCUT2D eigenvalue weighted by molar-refractivity contribution is 0.256. The molecule has 96 valence electrons. The Kier molecular flexibility index (Phi) is 2.45. The van der Waals surface area contributed by atoms with Crippen LogP contribution in [0.25, 0.3) is 11.0 Å². The molecule has 18 heavy (non-hydrogen) atoms. The molecule has 0 bridgehead atoms. The van der Waals surface area contributed by atoms with Crippen molar-refractivity contribution in [1.82, 2.24) is 14.5 Å². The summed E-state index contributed by atoms with van der Waals surface area (Å²) >= 11 is 0. The second-order valence-corrected chi connectivity index (χ2v) is 5.05. The van der Waals surface area contributed by atoms with Crippen LogP contribution < -0.4 is 10.4 Å². The summed E-state index contributed by atoms with van der Waals surface area (Å²) in [5.41, 5.74) is 3.03. The maximum absolute atomic E-state index is 12.0. The summed E-state index contributed by atoms with van der Waals surface area (Å²) in [7, 11) is 5.74. The van der Waals surface area contributed by atoms with Gasteiger partial charge < -0.3 is 14.6 Å². The summed E-state index contributed by atoms with van der Waals surface area (Å²) in [6, 6.07) is 4.26. The fraction of sp³-hybridized carbons (Fsp3) is 0.462. The van der Waals surface area contributed by atoms with Crippen LogP contribution in [-0.4, -0.2) is 41.7 Å². The number of nitrogens with zero attached hydrogens (tertiary/aromatic N) is 2. The van der Waals surface area contributed by atoms with Gasteiger partial charge >= 0.3 is 5.69 Å². The number of benzene rings is 1. The molecule has 2 aromatic rings. The summed E-state index contributed by atoms with van der Waals surface area (Å²) < 4.78 is 7.12. The minimum atomic E-state index is -0.0361. The molecule has 0 radical (unpaired) electrons. The quantitative estimate of drug-likeness (QED) is 0.855. The highest BCUT2D eigenvalue weighted by Crippen LogP contribution is 2.28. The van der Waals surface area contributed by atoms with E-state index in [0.717, 1.165) is 29.7 Å². The van der Waals surface area contributed by atoms with Crippen LogP contribution in [0.1, 0.15) is 5.56 Å². The van der Waals surface area contributed by atoms with E-state index in [1.54, 1.807) is 7.11 Å². The van der Waals surface area contributed by atoms with Crippen molar-refractivity contribution in [2.75, 3.05) is 21.2 Å². The van der Waals surface area contributed by atoms with Crippen molar-refractivity contribution in [3.8, 4) is 5.75 Å². The van der Waals surface area contributed by atoms with Crippen LogP contribution in [0.2, 0.25) is 0 Å². The topological polar surface area (TPSA) is 50.3 Å². The third kappa shape index (κ3) is 1.54. The van der Waals surface area contributed by atoms with Gasteiger partial charge in [-0.2, -0.15) is 0 Å². The molecule has 0 fully saturated rings. The number of likely N-dealkylation sites (N-methyl/N-ethyl adjacent to an activating group) is 1. The van der Waals surface area contributed by atoms with Crippen LogP contribution in [-0.2, 0) is 13.0 Å². The number of nitrogens with one attached hydrogen (secondary N) is 1. The SMILES string of the molecule is COc1cc2c3c(c1)[nH]c(=O)n3CC(N(C)C)C2. The monoisotopic (exact) mass is 247 g/mol. The molecule has 0 amide bonds. The Morgan fingerprint density at radius 2 is 2.22 bits per heavy atom. The first-order valence-electron chi connectivity index (χ1n) is 6.06. The Morgan fingerprint density at radius 1 is 1.44 bits per heavy atom. The zero-order valence-corrected chi connectivity index (χ0v) is 10.9. The highest BCUT2D eigenvalue weighted by Gasteiger charge is 2.24. The fourth-order valence-electron chi connectivity index (χ4n) is 2.69. The summed E-state index contributed by atoms with van der Waals surface area (Å²) in [5.74, 6) is 0.797. The number of aromatic amines is 1. The molecule has 0 spiro atoms. The highest BCUT2D eigenvalue weighted by molar-refractivity contribution is 5.81. The lowest BCUT2D eigenvalue weighted by atomic mass is 9.99. The smallest absolute Gasteiger partial charge is 0.326 e. The van der Waals surface area contributed by atoms with Crippen LogP contribution >= 0.6 is 0 Å². The molecular formula is C13H17N3O2. The lowest BCUT2D eigenvalue weighted by Gasteiger charge is -2.29. The van der Waals surface area contributed by atoms with Crippen LogP contribution in [0.4, 0.5) is 0 Å². The minimum absolute atomic E-state index is 0.0361. The van der Waals surface area contributed by atoms with Crippen LogP contribution in [0.3, 0.4) is 0 Å². The molecule has 0 saturated heterocycles. The van der Waals surface area contributed by atoms with Gasteiger partial charge in [-0.15, -0.1) is 0 Å². The van der Waals surface area contributed by atoms with Crippen molar-refractivity contribution in [2.24, 2.45) is 0 Å². The standard InChI is InChI=1S/C13H17N3O2/c1-15(2)9-4-8-5-10(18-3)6-11-12(8)16(7-9)13(17)14-11/h5-6,9H,4,7H2,1-3H3,(H,14,17). The number of aromatic nitrogens is 2. The molecule has 1 aliphatic rings.